The van der Waals surface area contributed by atoms with E-state index in [1.54, 1.807) is 7.11 Å². The number of hydrogen-bond acceptors (Lipinski definition) is 3. The molecule has 0 aliphatic rings. The van der Waals surface area contributed by atoms with Gasteiger partial charge in [0.1, 0.15) is 0 Å². The number of guanidine groups is 1. The van der Waals surface area contributed by atoms with Crippen molar-refractivity contribution in [3.05, 3.63) is 12.7 Å². The molecule has 0 heterocycles. The molecule has 0 aliphatic heterocycles. The van der Waals surface area contributed by atoms with Gasteiger partial charge in [0.2, 0.25) is 0 Å². The highest BCUT2D eigenvalue weighted by atomic mass is 127. The third kappa shape index (κ3) is 16.3. The summed E-state index contributed by atoms with van der Waals surface area (Å²) in [5, 5.41) is 3.34. The Balaban J connectivity index is 0. The summed E-state index contributed by atoms with van der Waals surface area (Å²) in [6, 6.07) is 0. The maximum Gasteiger partial charge on any atom is 0.193 e. The van der Waals surface area contributed by atoms with Crippen LogP contribution in [0.15, 0.2) is 17.6 Å². The van der Waals surface area contributed by atoms with Gasteiger partial charge in [-0.1, -0.05) is 12.5 Å². The van der Waals surface area contributed by atoms with Crippen LogP contribution in [0.1, 0.15) is 39.0 Å². The molecule has 5 nitrogen and oxygen atoms in total. The van der Waals surface area contributed by atoms with Crippen LogP contribution in [0.25, 0.3) is 0 Å². The highest BCUT2D eigenvalue weighted by Crippen LogP contribution is 2.01. The SMILES string of the molecule is C=CCCCCCN(C)C(=NCCCOCCOC)NCC.I. The standard InChI is InChI=1S/C17H35N3O2.HI/c1-5-7-8-9-10-13-20(3)17(18-6-2)19-12-11-14-22-16-15-21-4;/h5H,1,6-16H2,2-4H3,(H,18,19);1H. The summed E-state index contributed by atoms with van der Waals surface area (Å²) in [7, 11) is 3.79. The second kappa shape index (κ2) is 19.7. The van der Waals surface area contributed by atoms with E-state index in [9.17, 15) is 0 Å². The van der Waals surface area contributed by atoms with Crippen LogP contribution in [0, 0.1) is 0 Å². The zero-order chi connectivity index (χ0) is 16.5. The van der Waals surface area contributed by atoms with Gasteiger partial charge in [-0.05, 0) is 32.6 Å². The van der Waals surface area contributed by atoms with Crippen LogP contribution in [0.2, 0.25) is 0 Å². The second-order valence-corrected chi connectivity index (χ2v) is 5.25. The van der Waals surface area contributed by atoms with E-state index in [4.69, 9.17) is 9.47 Å². The second-order valence-electron chi connectivity index (χ2n) is 5.25. The number of allylic oxidation sites excluding steroid dienone is 1. The van der Waals surface area contributed by atoms with E-state index < -0.39 is 0 Å². The lowest BCUT2D eigenvalue weighted by Gasteiger charge is -2.22. The van der Waals surface area contributed by atoms with Crippen molar-refractivity contribution < 1.29 is 9.47 Å². The van der Waals surface area contributed by atoms with Gasteiger partial charge < -0.3 is 19.7 Å². The zero-order valence-electron chi connectivity index (χ0n) is 15.2. The minimum atomic E-state index is 0. The van der Waals surface area contributed by atoms with Gasteiger partial charge in [-0.2, -0.15) is 0 Å². The third-order valence-corrected chi connectivity index (χ3v) is 3.24. The summed E-state index contributed by atoms with van der Waals surface area (Å²) >= 11 is 0. The van der Waals surface area contributed by atoms with Crippen molar-refractivity contribution >= 4 is 29.9 Å². The molecule has 0 bridgehead atoms. The van der Waals surface area contributed by atoms with Gasteiger partial charge in [-0.25, -0.2) is 0 Å². The van der Waals surface area contributed by atoms with Crippen molar-refractivity contribution in [3.63, 3.8) is 0 Å². The molecule has 0 radical (unpaired) electrons. The summed E-state index contributed by atoms with van der Waals surface area (Å²) in [5.74, 6) is 0.989. The van der Waals surface area contributed by atoms with Crippen molar-refractivity contribution in [2.75, 3.05) is 53.6 Å². The Morgan fingerprint density at radius 1 is 1.17 bits per heavy atom. The van der Waals surface area contributed by atoms with Gasteiger partial charge in [0, 0.05) is 40.4 Å². The van der Waals surface area contributed by atoms with Crippen molar-refractivity contribution in [3.8, 4) is 0 Å². The summed E-state index contributed by atoms with van der Waals surface area (Å²) in [6.45, 7) is 10.6. The number of hydrogen-bond donors (Lipinski definition) is 1. The molecule has 0 aliphatic carbocycles. The van der Waals surface area contributed by atoms with Gasteiger partial charge in [-0.15, -0.1) is 30.6 Å². The minimum Gasteiger partial charge on any atom is -0.382 e. The molecule has 1 N–H and O–H groups in total. The molecular weight excluding hydrogens is 405 g/mol. The third-order valence-electron chi connectivity index (χ3n) is 3.24. The highest BCUT2D eigenvalue weighted by Gasteiger charge is 2.04. The number of halogens is 1. The summed E-state index contributed by atoms with van der Waals surface area (Å²) < 4.78 is 10.4. The number of methoxy groups -OCH3 is 1. The molecule has 6 heteroatoms. The summed E-state index contributed by atoms with van der Waals surface area (Å²) in [5.41, 5.74) is 0. The number of nitrogens with one attached hydrogen (secondary N) is 1. The molecule has 0 aromatic rings. The molecule has 0 fully saturated rings. The van der Waals surface area contributed by atoms with Gasteiger partial charge in [0.05, 0.1) is 13.2 Å². The average molecular weight is 441 g/mol. The Labute approximate surface area is 159 Å². The molecule has 23 heavy (non-hydrogen) atoms. The first kappa shape index (κ1) is 24.9. The van der Waals surface area contributed by atoms with Crippen molar-refractivity contribution in [2.24, 2.45) is 4.99 Å². The fourth-order valence-electron chi connectivity index (χ4n) is 1.99. The van der Waals surface area contributed by atoms with Crippen LogP contribution in [0.3, 0.4) is 0 Å². The molecular formula is C17H36IN3O2. The Bertz CT molecular complexity index is 289. The van der Waals surface area contributed by atoms with E-state index in [1.807, 2.05) is 6.08 Å². The van der Waals surface area contributed by atoms with Crippen molar-refractivity contribution in [2.45, 2.75) is 39.0 Å². The first-order valence-electron chi connectivity index (χ1n) is 8.43. The quantitative estimate of drug-likeness (QED) is 0.148. The first-order chi connectivity index (χ1) is 10.8. The smallest absolute Gasteiger partial charge is 0.193 e. The van der Waals surface area contributed by atoms with Crippen molar-refractivity contribution in [1.29, 1.82) is 0 Å². The Morgan fingerprint density at radius 3 is 2.61 bits per heavy atom. The molecule has 0 atom stereocenters. The predicted molar refractivity (Wildman–Crippen MR) is 110 cm³/mol. The molecule has 0 amide bonds. The van der Waals surface area contributed by atoms with Gasteiger partial charge in [-0.3, -0.25) is 4.99 Å². The normalized spacial score (nSPS) is 11.0. The Hall–Kier alpha value is -0.340. The molecule has 0 unspecified atom stereocenters. The van der Waals surface area contributed by atoms with E-state index >= 15 is 0 Å². The minimum absolute atomic E-state index is 0. The maximum absolute atomic E-state index is 5.44. The van der Waals surface area contributed by atoms with Crippen LogP contribution in [0.4, 0.5) is 0 Å². The topological polar surface area (TPSA) is 46.1 Å². The number of ether oxygens (including phenoxy) is 2. The molecule has 0 rings (SSSR count). The van der Waals surface area contributed by atoms with E-state index in [2.05, 4.69) is 35.8 Å². The van der Waals surface area contributed by atoms with E-state index in [-0.39, 0.29) is 24.0 Å². The highest BCUT2D eigenvalue weighted by molar-refractivity contribution is 14.0. The van der Waals surface area contributed by atoms with Gasteiger partial charge >= 0.3 is 0 Å². The van der Waals surface area contributed by atoms with Crippen LogP contribution >= 0.6 is 24.0 Å². The maximum atomic E-state index is 5.44. The molecule has 0 aromatic heterocycles. The van der Waals surface area contributed by atoms with E-state index in [0.29, 0.717) is 13.2 Å². The lowest BCUT2D eigenvalue weighted by atomic mass is 10.2. The number of unbranched alkanes of at least 4 members (excludes halogenated alkanes) is 3. The van der Waals surface area contributed by atoms with Crippen LogP contribution < -0.4 is 5.32 Å². The lowest BCUT2D eigenvalue weighted by Crippen LogP contribution is -2.39. The Kier molecular flexibility index (Phi) is 21.3. The predicted octanol–water partition coefficient (Wildman–Crippen LogP) is 3.30. The largest absolute Gasteiger partial charge is 0.382 e. The monoisotopic (exact) mass is 441 g/mol. The Morgan fingerprint density at radius 2 is 1.96 bits per heavy atom. The first-order valence-corrected chi connectivity index (χ1v) is 8.43. The molecule has 138 valence electrons. The van der Waals surface area contributed by atoms with E-state index in [1.165, 1.54) is 19.3 Å². The van der Waals surface area contributed by atoms with Crippen LogP contribution in [-0.4, -0.2) is 64.5 Å². The van der Waals surface area contributed by atoms with E-state index in [0.717, 1.165) is 45.0 Å². The van der Waals surface area contributed by atoms with Gasteiger partial charge in [0.25, 0.3) is 0 Å². The number of aliphatic imine (C=N–C) groups is 1. The van der Waals surface area contributed by atoms with Gasteiger partial charge in [0.15, 0.2) is 5.96 Å². The molecule has 0 aromatic carbocycles. The fourth-order valence-corrected chi connectivity index (χ4v) is 1.99. The zero-order valence-corrected chi connectivity index (χ0v) is 17.5. The van der Waals surface area contributed by atoms with Crippen LogP contribution in [0.5, 0.6) is 0 Å². The molecule has 0 saturated carbocycles. The summed E-state index contributed by atoms with van der Waals surface area (Å²) in [6.07, 6.45) is 7.69. The summed E-state index contributed by atoms with van der Waals surface area (Å²) in [4.78, 5) is 6.86. The fraction of sp³-hybridized carbons (Fsp3) is 0.824. The average Bonchev–Trinajstić information content (AvgIpc) is 2.52. The number of rotatable bonds is 14. The lowest BCUT2D eigenvalue weighted by molar-refractivity contribution is 0.0702. The van der Waals surface area contributed by atoms with Crippen LogP contribution in [-0.2, 0) is 9.47 Å². The van der Waals surface area contributed by atoms with Crippen molar-refractivity contribution in [1.82, 2.24) is 10.2 Å². The molecule has 0 saturated heterocycles. The number of nitrogens with zero attached hydrogens (tertiary/aromatic N) is 2. The molecule has 0 spiro atoms.